The topological polar surface area (TPSA) is 89.4 Å². The quantitative estimate of drug-likeness (QED) is 0.832. The van der Waals surface area contributed by atoms with Gasteiger partial charge in [0.1, 0.15) is 5.76 Å². The second-order valence-corrected chi connectivity index (χ2v) is 4.66. The minimum Gasteiger partial charge on any atom is -0.469 e. The molecular formula is C15H17N3O3. The molecule has 0 saturated heterocycles. The van der Waals surface area contributed by atoms with Gasteiger partial charge in [-0.15, -0.1) is 0 Å². The molecule has 2 aromatic rings. The Hall–Kier alpha value is -2.63. The molecule has 0 bridgehead atoms. The Morgan fingerprint density at radius 3 is 2.71 bits per heavy atom. The molecule has 21 heavy (non-hydrogen) atoms. The lowest BCUT2D eigenvalue weighted by Gasteiger charge is -2.20. The maximum atomic E-state index is 11.9. The van der Waals surface area contributed by atoms with Gasteiger partial charge in [0.05, 0.1) is 6.26 Å². The summed E-state index contributed by atoms with van der Waals surface area (Å²) in [7, 11) is 0. The summed E-state index contributed by atoms with van der Waals surface area (Å²) in [5.41, 5.74) is 6.81. The molecule has 0 atom stereocenters. The fourth-order valence-electron chi connectivity index (χ4n) is 1.98. The molecule has 0 saturated carbocycles. The van der Waals surface area contributed by atoms with Crippen LogP contribution in [0.2, 0.25) is 0 Å². The number of aryl methyl sites for hydroxylation is 1. The summed E-state index contributed by atoms with van der Waals surface area (Å²) in [5, 5.41) is 0. The zero-order valence-corrected chi connectivity index (χ0v) is 11.8. The Bertz CT molecular complexity index is 622. The highest BCUT2D eigenvalue weighted by atomic mass is 16.3. The van der Waals surface area contributed by atoms with Gasteiger partial charge in [0.15, 0.2) is 0 Å². The Morgan fingerprint density at radius 1 is 1.33 bits per heavy atom. The van der Waals surface area contributed by atoms with Crippen molar-refractivity contribution in [1.29, 1.82) is 0 Å². The second kappa shape index (κ2) is 6.69. The summed E-state index contributed by atoms with van der Waals surface area (Å²) in [6, 6.07) is 7.35. The number of amides is 2. The summed E-state index contributed by atoms with van der Waals surface area (Å²) in [5.74, 6) is -0.946. The van der Waals surface area contributed by atoms with E-state index in [1.807, 2.05) is 18.2 Å². The fraction of sp³-hybridized carbons (Fsp3) is 0.267. The van der Waals surface area contributed by atoms with E-state index in [2.05, 4.69) is 4.98 Å². The first-order chi connectivity index (χ1) is 10.1. The van der Waals surface area contributed by atoms with E-state index >= 15 is 0 Å². The molecule has 6 nitrogen and oxygen atoms in total. The molecule has 0 fully saturated rings. The highest BCUT2D eigenvalue weighted by molar-refractivity contribution is 6.34. The summed E-state index contributed by atoms with van der Waals surface area (Å²) in [6.07, 6.45) is 3.79. The average molecular weight is 287 g/mol. The minimum atomic E-state index is -0.961. The minimum absolute atomic E-state index is 0.289. The van der Waals surface area contributed by atoms with Crippen LogP contribution in [0, 0.1) is 6.92 Å². The lowest BCUT2D eigenvalue weighted by atomic mass is 10.2. The van der Waals surface area contributed by atoms with Crippen molar-refractivity contribution in [3.63, 3.8) is 0 Å². The van der Waals surface area contributed by atoms with E-state index in [0.29, 0.717) is 13.0 Å². The lowest BCUT2D eigenvalue weighted by molar-refractivity contribution is -0.144. The standard InChI is InChI=1S/C15H17N3O3/c1-11-12(6-9-21-11)10-18(15(20)14(16)19)8-5-13-4-2-3-7-17-13/h2-4,6-7,9H,5,8,10H2,1H3,(H2,16,19). The van der Waals surface area contributed by atoms with Gasteiger partial charge in [0, 0.05) is 37.0 Å². The van der Waals surface area contributed by atoms with E-state index in [1.165, 1.54) is 4.90 Å². The van der Waals surface area contributed by atoms with Crippen LogP contribution < -0.4 is 5.73 Å². The van der Waals surface area contributed by atoms with Gasteiger partial charge in [0.25, 0.3) is 0 Å². The molecule has 2 amide bonds. The molecule has 0 spiro atoms. The molecule has 0 radical (unpaired) electrons. The van der Waals surface area contributed by atoms with E-state index in [4.69, 9.17) is 10.2 Å². The van der Waals surface area contributed by atoms with Gasteiger partial charge in [-0.2, -0.15) is 0 Å². The van der Waals surface area contributed by atoms with Crippen molar-refractivity contribution in [1.82, 2.24) is 9.88 Å². The first kappa shape index (κ1) is 14.8. The summed E-state index contributed by atoms with van der Waals surface area (Å²) >= 11 is 0. The number of furan rings is 1. The molecule has 2 heterocycles. The molecule has 2 rings (SSSR count). The van der Waals surface area contributed by atoms with E-state index in [0.717, 1.165) is 17.0 Å². The van der Waals surface area contributed by atoms with Crippen LogP contribution in [0.1, 0.15) is 17.0 Å². The number of rotatable bonds is 5. The van der Waals surface area contributed by atoms with Crippen molar-refractivity contribution in [2.45, 2.75) is 19.9 Å². The third-order valence-corrected chi connectivity index (χ3v) is 3.19. The monoisotopic (exact) mass is 287 g/mol. The SMILES string of the molecule is Cc1occc1CN(CCc1ccccn1)C(=O)C(N)=O. The number of nitrogens with zero attached hydrogens (tertiary/aromatic N) is 2. The average Bonchev–Trinajstić information content (AvgIpc) is 2.89. The highest BCUT2D eigenvalue weighted by Crippen LogP contribution is 2.12. The summed E-state index contributed by atoms with van der Waals surface area (Å²) in [6.45, 7) is 2.46. The first-order valence-electron chi connectivity index (χ1n) is 6.59. The number of nitrogens with two attached hydrogens (primary N) is 1. The van der Waals surface area contributed by atoms with Gasteiger partial charge in [-0.3, -0.25) is 14.6 Å². The molecule has 6 heteroatoms. The zero-order chi connectivity index (χ0) is 15.2. The van der Waals surface area contributed by atoms with Crippen molar-refractivity contribution < 1.29 is 14.0 Å². The number of carbonyl (C=O) groups is 2. The lowest BCUT2D eigenvalue weighted by Crippen LogP contribution is -2.41. The van der Waals surface area contributed by atoms with Gasteiger partial charge in [-0.25, -0.2) is 0 Å². The van der Waals surface area contributed by atoms with Gasteiger partial charge >= 0.3 is 11.8 Å². The van der Waals surface area contributed by atoms with Crippen LogP contribution in [0.25, 0.3) is 0 Å². The predicted octanol–water partition coefficient (Wildman–Crippen LogP) is 1.04. The molecule has 110 valence electrons. The second-order valence-electron chi connectivity index (χ2n) is 4.66. The maximum Gasteiger partial charge on any atom is 0.311 e. The van der Waals surface area contributed by atoms with Crippen molar-refractivity contribution in [2.75, 3.05) is 6.54 Å². The van der Waals surface area contributed by atoms with Crippen LogP contribution >= 0.6 is 0 Å². The van der Waals surface area contributed by atoms with Gasteiger partial charge in [0.2, 0.25) is 0 Å². The summed E-state index contributed by atoms with van der Waals surface area (Å²) in [4.78, 5) is 28.7. The molecule has 0 unspecified atom stereocenters. The van der Waals surface area contributed by atoms with Crippen LogP contribution in [0.4, 0.5) is 0 Å². The Kier molecular flexibility index (Phi) is 4.71. The van der Waals surface area contributed by atoms with Crippen molar-refractivity contribution >= 4 is 11.8 Å². The molecule has 0 aliphatic heterocycles. The molecule has 2 aromatic heterocycles. The largest absolute Gasteiger partial charge is 0.469 e. The fourth-order valence-corrected chi connectivity index (χ4v) is 1.98. The van der Waals surface area contributed by atoms with Crippen molar-refractivity contribution in [3.05, 3.63) is 53.7 Å². The molecule has 2 N–H and O–H groups in total. The van der Waals surface area contributed by atoms with Crippen LogP contribution in [-0.2, 0) is 22.6 Å². The Balaban J connectivity index is 2.07. The number of hydrogen-bond acceptors (Lipinski definition) is 4. The van der Waals surface area contributed by atoms with Crippen LogP contribution in [0.5, 0.6) is 0 Å². The van der Waals surface area contributed by atoms with Gasteiger partial charge in [-0.05, 0) is 25.1 Å². The zero-order valence-electron chi connectivity index (χ0n) is 11.8. The number of pyridine rings is 1. The Labute approximate surface area is 122 Å². The van der Waals surface area contributed by atoms with Gasteiger partial charge < -0.3 is 15.1 Å². The third-order valence-electron chi connectivity index (χ3n) is 3.19. The smallest absolute Gasteiger partial charge is 0.311 e. The summed E-state index contributed by atoms with van der Waals surface area (Å²) < 4.78 is 5.20. The molecular weight excluding hydrogens is 270 g/mol. The first-order valence-corrected chi connectivity index (χ1v) is 6.59. The van der Waals surface area contributed by atoms with Crippen LogP contribution in [0.3, 0.4) is 0 Å². The van der Waals surface area contributed by atoms with Crippen molar-refractivity contribution in [3.8, 4) is 0 Å². The van der Waals surface area contributed by atoms with Crippen LogP contribution in [-0.4, -0.2) is 28.2 Å². The third kappa shape index (κ3) is 3.92. The Morgan fingerprint density at radius 2 is 2.14 bits per heavy atom. The number of carbonyl (C=O) groups excluding carboxylic acids is 2. The molecule has 0 aliphatic carbocycles. The number of hydrogen-bond donors (Lipinski definition) is 1. The van der Waals surface area contributed by atoms with E-state index < -0.39 is 11.8 Å². The van der Waals surface area contributed by atoms with Crippen molar-refractivity contribution in [2.24, 2.45) is 5.73 Å². The number of aromatic nitrogens is 1. The predicted molar refractivity (Wildman–Crippen MR) is 76.0 cm³/mol. The molecule has 0 aromatic carbocycles. The highest BCUT2D eigenvalue weighted by Gasteiger charge is 2.20. The molecule has 0 aliphatic rings. The van der Waals surface area contributed by atoms with E-state index in [9.17, 15) is 9.59 Å². The van der Waals surface area contributed by atoms with Crippen LogP contribution in [0.15, 0.2) is 41.1 Å². The maximum absolute atomic E-state index is 11.9. The van der Waals surface area contributed by atoms with E-state index in [1.54, 1.807) is 25.5 Å². The van der Waals surface area contributed by atoms with Gasteiger partial charge in [-0.1, -0.05) is 6.07 Å². The van der Waals surface area contributed by atoms with E-state index in [-0.39, 0.29) is 6.54 Å². The number of primary amides is 1. The normalized spacial score (nSPS) is 10.3.